The first kappa shape index (κ1) is 16.2. The second-order valence-corrected chi connectivity index (χ2v) is 4.85. The first-order valence-electron chi connectivity index (χ1n) is 6.60. The van der Waals surface area contributed by atoms with Gasteiger partial charge < -0.3 is 14.8 Å². The Bertz CT molecular complexity index is 685. The number of carbonyl (C=O) groups is 2. The number of ether oxygens (including phenoxy) is 2. The summed E-state index contributed by atoms with van der Waals surface area (Å²) in [5.74, 6) is -1.23. The van der Waals surface area contributed by atoms with Crippen LogP contribution < -0.4 is 20.2 Å². The number of hydrazone groups is 1. The fraction of sp³-hybridized carbons (Fsp3) is 0.308. The molecule has 10 nitrogen and oxygen atoms in total. The number of amides is 2. The van der Waals surface area contributed by atoms with Gasteiger partial charge in [-0.05, 0) is 19.9 Å². The third-order valence-corrected chi connectivity index (χ3v) is 2.71. The van der Waals surface area contributed by atoms with E-state index in [4.69, 9.17) is 9.47 Å². The second-order valence-electron chi connectivity index (χ2n) is 4.85. The monoisotopic (exact) mass is 322 g/mol. The summed E-state index contributed by atoms with van der Waals surface area (Å²) in [4.78, 5) is 33.3. The number of nitro benzene ring substituents is 1. The molecule has 0 saturated heterocycles. The highest BCUT2D eigenvalue weighted by Gasteiger charge is 2.22. The normalized spacial score (nSPS) is 12.5. The maximum atomic E-state index is 11.5. The molecule has 2 rings (SSSR count). The lowest BCUT2D eigenvalue weighted by molar-refractivity contribution is -0.385. The third kappa shape index (κ3) is 3.93. The van der Waals surface area contributed by atoms with Crippen molar-refractivity contribution in [3.8, 4) is 11.5 Å². The standard InChI is InChI=1S/C13H14N4O6/c1-7(2)15-12(18)13(19)16-14-5-8-3-10-11(23-6-22-10)4-9(8)17(20)21/h3-5,7H,6H2,1-2H3,(H,15,18)(H,16,19)/b14-5-. The van der Waals surface area contributed by atoms with Crippen molar-refractivity contribution in [1.82, 2.24) is 10.7 Å². The molecular formula is C13H14N4O6. The van der Waals surface area contributed by atoms with Crippen LogP contribution in [0.3, 0.4) is 0 Å². The molecule has 0 unspecified atom stereocenters. The third-order valence-electron chi connectivity index (χ3n) is 2.71. The highest BCUT2D eigenvalue weighted by atomic mass is 16.7. The SMILES string of the molecule is CC(C)NC(=O)C(=O)N/N=C\c1cc2c(cc1[N+](=O)[O-])OCO2. The van der Waals surface area contributed by atoms with Crippen LogP contribution in [0.4, 0.5) is 5.69 Å². The van der Waals surface area contributed by atoms with Gasteiger partial charge in [0.25, 0.3) is 5.69 Å². The zero-order valence-corrected chi connectivity index (χ0v) is 12.4. The van der Waals surface area contributed by atoms with Gasteiger partial charge in [-0.2, -0.15) is 5.10 Å². The van der Waals surface area contributed by atoms with Crippen molar-refractivity contribution in [2.75, 3.05) is 6.79 Å². The lowest BCUT2D eigenvalue weighted by Gasteiger charge is -2.06. The van der Waals surface area contributed by atoms with Crippen LogP contribution in [-0.2, 0) is 9.59 Å². The summed E-state index contributed by atoms with van der Waals surface area (Å²) in [6, 6.07) is 2.37. The fourth-order valence-electron chi connectivity index (χ4n) is 1.75. The Morgan fingerprint density at radius 2 is 1.96 bits per heavy atom. The van der Waals surface area contributed by atoms with Gasteiger partial charge in [-0.15, -0.1) is 0 Å². The van der Waals surface area contributed by atoms with Gasteiger partial charge in [-0.1, -0.05) is 0 Å². The van der Waals surface area contributed by atoms with Crippen molar-refractivity contribution in [1.29, 1.82) is 0 Å². The first-order valence-corrected chi connectivity index (χ1v) is 6.60. The fourth-order valence-corrected chi connectivity index (χ4v) is 1.75. The summed E-state index contributed by atoms with van der Waals surface area (Å²) in [5.41, 5.74) is 1.83. The van der Waals surface area contributed by atoms with Crippen molar-refractivity contribution in [3.63, 3.8) is 0 Å². The smallest absolute Gasteiger partial charge is 0.329 e. The van der Waals surface area contributed by atoms with Crippen LogP contribution in [0, 0.1) is 10.1 Å². The molecule has 1 aliphatic heterocycles. The molecule has 0 radical (unpaired) electrons. The van der Waals surface area contributed by atoms with Crippen molar-refractivity contribution in [2.24, 2.45) is 5.10 Å². The number of nitro groups is 1. The van der Waals surface area contributed by atoms with E-state index in [0.717, 1.165) is 6.21 Å². The Morgan fingerprint density at radius 1 is 1.30 bits per heavy atom. The summed E-state index contributed by atoms with van der Waals surface area (Å²) in [6.45, 7) is 3.37. The van der Waals surface area contributed by atoms with Gasteiger partial charge in [0.1, 0.15) is 0 Å². The largest absolute Gasteiger partial charge is 0.454 e. The predicted octanol–water partition coefficient (Wildman–Crippen LogP) is 0.298. The highest BCUT2D eigenvalue weighted by Crippen LogP contribution is 2.37. The second kappa shape index (κ2) is 6.73. The predicted molar refractivity (Wildman–Crippen MR) is 78.2 cm³/mol. The van der Waals surface area contributed by atoms with E-state index in [0.29, 0.717) is 5.75 Å². The number of benzene rings is 1. The van der Waals surface area contributed by atoms with Crippen molar-refractivity contribution in [2.45, 2.75) is 19.9 Å². The van der Waals surface area contributed by atoms with E-state index in [9.17, 15) is 19.7 Å². The van der Waals surface area contributed by atoms with Crippen LogP contribution >= 0.6 is 0 Å². The zero-order valence-electron chi connectivity index (χ0n) is 12.4. The molecule has 1 aliphatic rings. The average Bonchev–Trinajstić information content (AvgIpc) is 2.92. The summed E-state index contributed by atoms with van der Waals surface area (Å²) in [5, 5.41) is 17.0. The van der Waals surface area contributed by atoms with Crippen molar-refractivity contribution < 1.29 is 24.0 Å². The molecule has 0 spiro atoms. The van der Waals surface area contributed by atoms with Gasteiger partial charge >= 0.3 is 11.8 Å². The first-order chi connectivity index (χ1) is 10.9. The molecule has 0 bridgehead atoms. The van der Waals surface area contributed by atoms with Gasteiger partial charge in [0.2, 0.25) is 6.79 Å². The van der Waals surface area contributed by atoms with Crippen LogP contribution in [0.5, 0.6) is 11.5 Å². The van der Waals surface area contributed by atoms with E-state index in [2.05, 4.69) is 10.4 Å². The van der Waals surface area contributed by atoms with E-state index in [1.54, 1.807) is 13.8 Å². The summed E-state index contributed by atoms with van der Waals surface area (Å²) in [7, 11) is 0. The molecule has 23 heavy (non-hydrogen) atoms. The van der Waals surface area contributed by atoms with Gasteiger partial charge in [0.15, 0.2) is 11.5 Å². The zero-order chi connectivity index (χ0) is 17.0. The van der Waals surface area contributed by atoms with Crippen LogP contribution in [0.2, 0.25) is 0 Å². The van der Waals surface area contributed by atoms with Crippen LogP contribution in [0.15, 0.2) is 17.2 Å². The lowest BCUT2D eigenvalue weighted by atomic mass is 10.1. The topological polar surface area (TPSA) is 132 Å². The highest BCUT2D eigenvalue weighted by molar-refractivity contribution is 6.35. The lowest BCUT2D eigenvalue weighted by Crippen LogP contribution is -2.41. The Labute approximate surface area is 130 Å². The van der Waals surface area contributed by atoms with Crippen LogP contribution in [0.25, 0.3) is 0 Å². The summed E-state index contributed by atoms with van der Waals surface area (Å²) in [6.07, 6.45) is 1.06. The molecule has 122 valence electrons. The molecule has 0 aromatic heterocycles. The minimum absolute atomic E-state index is 0.0286. The molecule has 2 N–H and O–H groups in total. The molecule has 1 aromatic rings. The number of nitrogens with one attached hydrogen (secondary N) is 2. The average molecular weight is 322 g/mol. The molecule has 2 amide bonds. The minimum atomic E-state index is -0.974. The molecule has 0 aliphatic carbocycles. The molecular weight excluding hydrogens is 308 g/mol. The van der Waals surface area contributed by atoms with Gasteiger partial charge in [-0.3, -0.25) is 19.7 Å². The minimum Gasteiger partial charge on any atom is -0.454 e. The van der Waals surface area contributed by atoms with E-state index >= 15 is 0 Å². The number of nitrogens with zero attached hydrogens (tertiary/aromatic N) is 2. The number of rotatable bonds is 4. The molecule has 0 saturated carbocycles. The maximum Gasteiger partial charge on any atom is 0.329 e. The Balaban J connectivity index is 2.12. The van der Waals surface area contributed by atoms with E-state index in [-0.39, 0.29) is 29.8 Å². The molecule has 10 heteroatoms. The quantitative estimate of drug-likeness (QED) is 0.354. The molecule has 1 aromatic carbocycles. The van der Waals surface area contributed by atoms with E-state index in [1.165, 1.54) is 12.1 Å². The molecule has 0 atom stereocenters. The van der Waals surface area contributed by atoms with Gasteiger partial charge in [0, 0.05) is 6.04 Å². The number of fused-ring (bicyclic) bond motifs is 1. The molecule has 0 fully saturated rings. The maximum absolute atomic E-state index is 11.5. The summed E-state index contributed by atoms with van der Waals surface area (Å²) < 4.78 is 10.2. The Kier molecular flexibility index (Phi) is 4.74. The van der Waals surface area contributed by atoms with Crippen LogP contribution in [0.1, 0.15) is 19.4 Å². The Hall–Kier alpha value is -3.17. The van der Waals surface area contributed by atoms with Crippen molar-refractivity contribution >= 4 is 23.7 Å². The van der Waals surface area contributed by atoms with E-state index in [1.807, 2.05) is 5.43 Å². The van der Waals surface area contributed by atoms with Crippen molar-refractivity contribution in [3.05, 3.63) is 27.8 Å². The number of hydrogen-bond acceptors (Lipinski definition) is 7. The Morgan fingerprint density at radius 3 is 2.57 bits per heavy atom. The number of hydrogen-bond donors (Lipinski definition) is 2. The molecule has 1 heterocycles. The van der Waals surface area contributed by atoms with Crippen LogP contribution in [-0.4, -0.2) is 35.8 Å². The van der Waals surface area contributed by atoms with Gasteiger partial charge in [-0.25, -0.2) is 5.43 Å². The number of carbonyl (C=O) groups excluding carboxylic acids is 2. The summed E-state index contributed by atoms with van der Waals surface area (Å²) >= 11 is 0. The van der Waals surface area contributed by atoms with E-state index < -0.39 is 16.7 Å². The van der Waals surface area contributed by atoms with Gasteiger partial charge in [0.05, 0.1) is 22.8 Å².